The fourth-order valence-corrected chi connectivity index (χ4v) is 3.02. The number of carbonyl (C=O) groups excluding carboxylic acids is 2. The fourth-order valence-electron chi connectivity index (χ4n) is 3.02. The van der Waals surface area contributed by atoms with Crippen LogP contribution in [-0.4, -0.2) is 18.2 Å². The second-order valence-corrected chi connectivity index (χ2v) is 6.68. The first kappa shape index (κ1) is 19.4. The topological polar surface area (TPSA) is 49.4 Å². The zero-order valence-corrected chi connectivity index (χ0v) is 16.0. The SMILES string of the molecule is CC(=O)c1cccc(NC(=O)CCN(Cc2ccccc2)c2ccccc2)c1. The summed E-state index contributed by atoms with van der Waals surface area (Å²) in [4.78, 5) is 26.2. The average molecular weight is 372 g/mol. The summed E-state index contributed by atoms with van der Waals surface area (Å²) in [6, 6.07) is 27.3. The normalized spacial score (nSPS) is 10.3. The Hall–Kier alpha value is -3.40. The van der Waals surface area contributed by atoms with Crippen molar-refractivity contribution in [1.29, 1.82) is 0 Å². The van der Waals surface area contributed by atoms with E-state index in [0.29, 0.717) is 24.2 Å². The number of amides is 1. The molecule has 4 nitrogen and oxygen atoms in total. The van der Waals surface area contributed by atoms with Crippen molar-refractivity contribution in [3.63, 3.8) is 0 Å². The van der Waals surface area contributed by atoms with Gasteiger partial charge in [0, 0.05) is 36.4 Å². The van der Waals surface area contributed by atoms with Gasteiger partial charge in [0.05, 0.1) is 0 Å². The number of benzene rings is 3. The summed E-state index contributed by atoms with van der Waals surface area (Å²) in [7, 11) is 0. The summed E-state index contributed by atoms with van der Waals surface area (Å²) < 4.78 is 0. The molecule has 0 heterocycles. The number of anilines is 2. The van der Waals surface area contributed by atoms with Crippen molar-refractivity contribution in [2.45, 2.75) is 19.9 Å². The van der Waals surface area contributed by atoms with E-state index in [0.717, 1.165) is 12.2 Å². The molecule has 0 saturated carbocycles. The molecule has 0 saturated heterocycles. The molecule has 3 aromatic rings. The first-order valence-corrected chi connectivity index (χ1v) is 9.36. The first-order chi connectivity index (χ1) is 13.6. The molecule has 0 radical (unpaired) electrons. The van der Waals surface area contributed by atoms with Crippen molar-refractivity contribution < 1.29 is 9.59 Å². The summed E-state index contributed by atoms with van der Waals surface area (Å²) in [6.45, 7) is 2.84. The number of nitrogens with zero attached hydrogens (tertiary/aromatic N) is 1. The highest BCUT2D eigenvalue weighted by molar-refractivity contribution is 5.97. The molecule has 0 aliphatic heterocycles. The van der Waals surface area contributed by atoms with Crippen LogP contribution in [0, 0.1) is 0 Å². The van der Waals surface area contributed by atoms with Crippen molar-refractivity contribution in [2.75, 3.05) is 16.8 Å². The summed E-state index contributed by atoms with van der Waals surface area (Å²) in [6.07, 6.45) is 0.353. The van der Waals surface area contributed by atoms with Gasteiger partial charge in [-0.1, -0.05) is 60.7 Å². The van der Waals surface area contributed by atoms with Gasteiger partial charge in [-0.2, -0.15) is 0 Å². The maximum absolute atomic E-state index is 12.5. The van der Waals surface area contributed by atoms with E-state index in [1.54, 1.807) is 24.3 Å². The second kappa shape index (κ2) is 9.51. The van der Waals surface area contributed by atoms with Gasteiger partial charge in [-0.15, -0.1) is 0 Å². The minimum absolute atomic E-state index is 0.0192. The van der Waals surface area contributed by atoms with Crippen LogP contribution in [0.5, 0.6) is 0 Å². The highest BCUT2D eigenvalue weighted by atomic mass is 16.1. The van der Waals surface area contributed by atoms with Crippen LogP contribution >= 0.6 is 0 Å². The predicted molar refractivity (Wildman–Crippen MR) is 114 cm³/mol. The maximum Gasteiger partial charge on any atom is 0.226 e. The van der Waals surface area contributed by atoms with E-state index in [4.69, 9.17) is 0 Å². The number of hydrogen-bond acceptors (Lipinski definition) is 3. The highest BCUT2D eigenvalue weighted by Gasteiger charge is 2.11. The molecule has 0 fully saturated rings. The van der Waals surface area contributed by atoms with E-state index in [9.17, 15) is 9.59 Å². The van der Waals surface area contributed by atoms with Crippen molar-refractivity contribution in [2.24, 2.45) is 0 Å². The third-order valence-corrected chi connectivity index (χ3v) is 4.50. The monoisotopic (exact) mass is 372 g/mol. The van der Waals surface area contributed by atoms with Gasteiger partial charge < -0.3 is 10.2 Å². The first-order valence-electron chi connectivity index (χ1n) is 9.36. The molecule has 3 rings (SSSR count). The van der Waals surface area contributed by atoms with Gasteiger partial charge in [0.1, 0.15) is 0 Å². The number of nitrogens with one attached hydrogen (secondary N) is 1. The molecule has 0 spiro atoms. The Morgan fingerprint density at radius 2 is 1.54 bits per heavy atom. The third kappa shape index (κ3) is 5.55. The largest absolute Gasteiger partial charge is 0.367 e. The highest BCUT2D eigenvalue weighted by Crippen LogP contribution is 2.18. The summed E-state index contributed by atoms with van der Waals surface area (Å²) >= 11 is 0. The van der Waals surface area contributed by atoms with Gasteiger partial charge in [0.2, 0.25) is 5.91 Å². The van der Waals surface area contributed by atoms with Gasteiger partial charge in [-0.3, -0.25) is 9.59 Å². The quantitative estimate of drug-likeness (QED) is 0.571. The van der Waals surface area contributed by atoms with E-state index >= 15 is 0 Å². The lowest BCUT2D eigenvalue weighted by Crippen LogP contribution is -2.27. The zero-order chi connectivity index (χ0) is 19.8. The Morgan fingerprint density at radius 1 is 0.857 bits per heavy atom. The van der Waals surface area contributed by atoms with Crippen LogP contribution in [0.2, 0.25) is 0 Å². The van der Waals surface area contributed by atoms with Crippen LogP contribution in [0.3, 0.4) is 0 Å². The molecule has 0 aromatic heterocycles. The Bertz CT molecular complexity index is 924. The van der Waals surface area contributed by atoms with Crippen LogP contribution in [0.15, 0.2) is 84.9 Å². The molecular weight excluding hydrogens is 348 g/mol. The van der Waals surface area contributed by atoms with Crippen LogP contribution < -0.4 is 10.2 Å². The van der Waals surface area contributed by atoms with E-state index in [-0.39, 0.29) is 11.7 Å². The number of para-hydroxylation sites is 1. The summed E-state index contributed by atoms with van der Waals surface area (Å²) in [5.74, 6) is -0.0936. The lowest BCUT2D eigenvalue weighted by molar-refractivity contribution is -0.116. The molecule has 28 heavy (non-hydrogen) atoms. The maximum atomic E-state index is 12.5. The van der Waals surface area contributed by atoms with E-state index in [1.165, 1.54) is 12.5 Å². The number of carbonyl (C=O) groups is 2. The fraction of sp³-hybridized carbons (Fsp3) is 0.167. The molecule has 142 valence electrons. The lowest BCUT2D eigenvalue weighted by Gasteiger charge is -2.25. The molecule has 4 heteroatoms. The van der Waals surface area contributed by atoms with Crippen LogP contribution in [-0.2, 0) is 11.3 Å². The van der Waals surface area contributed by atoms with Gasteiger partial charge in [-0.05, 0) is 36.8 Å². The van der Waals surface area contributed by atoms with Crippen molar-refractivity contribution in [3.05, 3.63) is 96.1 Å². The van der Waals surface area contributed by atoms with Gasteiger partial charge in [0.25, 0.3) is 0 Å². The Balaban J connectivity index is 1.65. The predicted octanol–water partition coefficient (Wildman–Crippen LogP) is 4.92. The molecule has 0 unspecified atom stereocenters. The summed E-state index contributed by atoms with van der Waals surface area (Å²) in [5, 5.41) is 2.89. The van der Waals surface area contributed by atoms with Crippen LogP contribution in [0.4, 0.5) is 11.4 Å². The number of rotatable bonds is 8. The Labute approximate surface area is 165 Å². The summed E-state index contributed by atoms with van der Waals surface area (Å²) in [5.41, 5.74) is 3.51. The average Bonchev–Trinajstić information content (AvgIpc) is 2.72. The van der Waals surface area contributed by atoms with E-state index < -0.39 is 0 Å². The molecule has 1 amide bonds. The second-order valence-electron chi connectivity index (χ2n) is 6.68. The van der Waals surface area contributed by atoms with Gasteiger partial charge >= 0.3 is 0 Å². The number of hydrogen-bond donors (Lipinski definition) is 1. The van der Waals surface area contributed by atoms with Crippen molar-refractivity contribution in [3.8, 4) is 0 Å². The van der Waals surface area contributed by atoms with Gasteiger partial charge in [-0.25, -0.2) is 0 Å². The van der Waals surface area contributed by atoms with Crippen molar-refractivity contribution >= 4 is 23.1 Å². The van der Waals surface area contributed by atoms with E-state index in [2.05, 4.69) is 34.5 Å². The minimum Gasteiger partial charge on any atom is -0.367 e. The van der Waals surface area contributed by atoms with Crippen LogP contribution in [0.1, 0.15) is 29.3 Å². The van der Waals surface area contributed by atoms with E-state index in [1.807, 2.05) is 36.4 Å². The smallest absolute Gasteiger partial charge is 0.226 e. The van der Waals surface area contributed by atoms with Crippen molar-refractivity contribution in [1.82, 2.24) is 0 Å². The molecule has 0 atom stereocenters. The third-order valence-electron chi connectivity index (χ3n) is 4.50. The van der Waals surface area contributed by atoms with Crippen LogP contribution in [0.25, 0.3) is 0 Å². The molecule has 0 bridgehead atoms. The molecular formula is C24H24N2O2. The lowest BCUT2D eigenvalue weighted by atomic mass is 10.1. The molecule has 0 aliphatic carbocycles. The molecule has 3 aromatic carbocycles. The minimum atomic E-state index is -0.0744. The Morgan fingerprint density at radius 3 is 2.21 bits per heavy atom. The Kier molecular flexibility index (Phi) is 6.58. The van der Waals surface area contributed by atoms with Gasteiger partial charge in [0.15, 0.2) is 5.78 Å². The number of ketones is 1. The zero-order valence-electron chi connectivity index (χ0n) is 16.0. The standard InChI is InChI=1S/C24H24N2O2/c1-19(27)21-11-8-12-22(17-21)25-24(28)15-16-26(23-13-6-3-7-14-23)18-20-9-4-2-5-10-20/h2-14,17H,15-16,18H2,1H3,(H,25,28). The molecule has 1 N–H and O–H groups in total. The molecule has 0 aliphatic rings. The number of Topliss-reactive ketones (excluding diaryl/α,β-unsaturated/α-hetero) is 1.